The molecule has 0 bridgehead atoms. The summed E-state index contributed by atoms with van der Waals surface area (Å²) in [5.41, 5.74) is 0. The second kappa shape index (κ2) is 7.98. The molecular formula is C12H25NO. The van der Waals surface area contributed by atoms with Gasteiger partial charge >= 0.3 is 0 Å². The molecule has 0 radical (unpaired) electrons. The van der Waals surface area contributed by atoms with Crippen LogP contribution in [0.2, 0.25) is 0 Å². The van der Waals surface area contributed by atoms with Crippen LogP contribution in [0.5, 0.6) is 0 Å². The predicted molar refractivity (Wildman–Crippen MR) is 61.5 cm³/mol. The lowest BCUT2D eigenvalue weighted by molar-refractivity contribution is -0.120. The maximum atomic E-state index is 11.3. The minimum absolute atomic E-state index is 0.359. The summed E-state index contributed by atoms with van der Waals surface area (Å²) in [6.45, 7) is 11.2. The lowest BCUT2D eigenvalue weighted by Gasteiger charge is -2.24. The quantitative estimate of drug-likeness (QED) is 0.599. The van der Waals surface area contributed by atoms with Crippen LogP contribution in [0, 0.1) is 5.92 Å². The van der Waals surface area contributed by atoms with Crippen molar-refractivity contribution in [1.82, 2.24) is 4.90 Å². The van der Waals surface area contributed by atoms with Crippen molar-refractivity contribution in [3.05, 3.63) is 0 Å². The van der Waals surface area contributed by atoms with Gasteiger partial charge in [0.05, 0.1) is 6.54 Å². The van der Waals surface area contributed by atoms with Crippen LogP contribution in [0.15, 0.2) is 0 Å². The molecule has 0 saturated carbocycles. The molecule has 0 aromatic heterocycles. The number of hydrogen-bond donors (Lipinski definition) is 0. The van der Waals surface area contributed by atoms with Crippen molar-refractivity contribution in [2.75, 3.05) is 19.6 Å². The molecular weight excluding hydrogens is 174 g/mol. The van der Waals surface area contributed by atoms with Crippen molar-refractivity contribution in [3.8, 4) is 0 Å². The standard InChI is InChI=1S/C12H25NO/c1-5-11(6-2)9-13(8-4)10-12(14)7-3/h11H,5-10H2,1-4H3. The van der Waals surface area contributed by atoms with Crippen LogP contribution in [-0.4, -0.2) is 30.3 Å². The van der Waals surface area contributed by atoms with Crippen LogP contribution >= 0.6 is 0 Å². The normalized spacial score (nSPS) is 11.3. The number of rotatable bonds is 8. The van der Waals surface area contributed by atoms with E-state index in [2.05, 4.69) is 25.7 Å². The van der Waals surface area contributed by atoms with Gasteiger partial charge in [-0.2, -0.15) is 0 Å². The zero-order valence-corrected chi connectivity index (χ0v) is 10.2. The fourth-order valence-corrected chi connectivity index (χ4v) is 1.58. The minimum Gasteiger partial charge on any atom is -0.298 e. The summed E-state index contributed by atoms with van der Waals surface area (Å²) in [4.78, 5) is 13.6. The van der Waals surface area contributed by atoms with E-state index in [-0.39, 0.29) is 0 Å². The van der Waals surface area contributed by atoms with Gasteiger partial charge in [0.1, 0.15) is 5.78 Å². The Kier molecular flexibility index (Phi) is 7.77. The first kappa shape index (κ1) is 13.6. The van der Waals surface area contributed by atoms with E-state index in [9.17, 15) is 4.79 Å². The molecule has 0 unspecified atom stereocenters. The maximum Gasteiger partial charge on any atom is 0.146 e. The molecule has 0 aliphatic rings. The van der Waals surface area contributed by atoms with Gasteiger partial charge in [-0.05, 0) is 12.5 Å². The summed E-state index contributed by atoms with van der Waals surface area (Å²) >= 11 is 0. The summed E-state index contributed by atoms with van der Waals surface area (Å²) < 4.78 is 0. The van der Waals surface area contributed by atoms with Gasteiger partial charge in [0.2, 0.25) is 0 Å². The minimum atomic E-state index is 0.359. The molecule has 0 fully saturated rings. The Morgan fingerprint density at radius 1 is 1.14 bits per heavy atom. The summed E-state index contributed by atoms with van der Waals surface area (Å²) in [7, 11) is 0. The molecule has 2 nitrogen and oxygen atoms in total. The molecule has 14 heavy (non-hydrogen) atoms. The smallest absolute Gasteiger partial charge is 0.146 e. The van der Waals surface area contributed by atoms with Crippen molar-refractivity contribution in [2.24, 2.45) is 5.92 Å². The highest BCUT2D eigenvalue weighted by molar-refractivity contribution is 5.80. The van der Waals surface area contributed by atoms with Gasteiger partial charge in [0.25, 0.3) is 0 Å². The van der Waals surface area contributed by atoms with Crippen LogP contribution < -0.4 is 0 Å². The summed E-state index contributed by atoms with van der Waals surface area (Å²) in [5.74, 6) is 1.11. The van der Waals surface area contributed by atoms with E-state index < -0.39 is 0 Å². The number of likely N-dealkylation sites (N-methyl/N-ethyl adjacent to an activating group) is 1. The van der Waals surface area contributed by atoms with E-state index >= 15 is 0 Å². The second-order valence-electron chi connectivity index (χ2n) is 3.90. The van der Waals surface area contributed by atoms with E-state index in [0.717, 1.165) is 19.0 Å². The van der Waals surface area contributed by atoms with Gasteiger partial charge in [-0.15, -0.1) is 0 Å². The number of Topliss-reactive ketones (excluding diaryl/α,β-unsaturated/α-hetero) is 1. The van der Waals surface area contributed by atoms with Crippen LogP contribution in [0.1, 0.15) is 47.0 Å². The lowest BCUT2D eigenvalue weighted by atomic mass is 10.0. The van der Waals surface area contributed by atoms with Crippen molar-refractivity contribution in [1.29, 1.82) is 0 Å². The Morgan fingerprint density at radius 2 is 1.71 bits per heavy atom. The molecule has 0 aromatic carbocycles. The first-order valence-electron chi connectivity index (χ1n) is 5.91. The average molecular weight is 199 g/mol. The lowest BCUT2D eigenvalue weighted by Crippen LogP contribution is -2.33. The Bertz CT molecular complexity index is 152. The molecule has 0 atom stereocenters. The van der Waals surface area contributed by atoms with Gasteiger partial charge in [-0.3, -0.25) is 9.69 Å². The Hall–Kier alpha value is -0.370. The first-order valence-corrected chi connectivity index (χ1v) is 5.91. The zero-order chi connectivity index (χ0) is 11.0. The van der Waals surface area contributed by atoms with Gasteiger partial charge in [-0.25, -0.2) is 0 Å². The van der Waals surface area contributed by atoms with E-state index in [4.69, 9.17) is 0 Å². The van der Waals surface area contributed by atoms with Gasteiger partial charge in [0.15, 0.2) is 0 Å². The number of ketones is 1. The molecule has 0 aliphatic carbocycles. The first-order chi connectivity index (χ1) is 6.67. The van der Waals surface area contributed by atoms with Crippen molar-refractivity contribution in [2.45, 2.75) is 47.0 Å². The Balaban J connectivity index is 3.94. The molecule has 2 heteroatoms. The highest BCUT2D eigenvalue weighted by atomic mass is 16.1. The Morgan fingerprint density at radius 3 is 2.07 bits per heavy atom. The van der Waals surface area contributed by atoms with Gasteiger partial charge < -0.3 is 0 Å². The number of carbonyl (C=O) groups is 1. The fraction of sp³-hybridized carbons (Fsp3) is 0.917. The molecule has 0 aliphatic heterocycles. The monoisotopic (exact) mass is 199 g/mol. The summed E-state index contributed by atoms with van der Waals surface area (Å²) in [6.07, 6.45) is 3.10. The third-order valence-corrected chi connectivity index (χ3v) is 2.91. The molecule has 0 heterocycles. The number of nitrogens with zero attached hydrogens (tertiary/aromatic N) is 1. The molecule has 0 rings (SSSR count). The third kappa shape index (κ3) is 5.38. The van der Waals surface area contributed by atoms with E-state index in [0.29, 0.717) is 18.7 Å². The topological polar surface area (TPSA) is 20.3 Å². The highest BCUT2D eigenvalue weighted by Gasteiger charge is 2.11. The maximum absolute atomic E-state index is 11.3. The fourth-order valence-electron chi connectivity index (χ4n) is 1.58. The second-order valence-corrected chi connectivity index (χ2v) is 3.90. The molecule has 0 aromatic rings. The van der Waals surface area contributed by atoms with Gasteiger partial charge in [0, 0.05) is 13.0 Å². The zero-order valence-electron chi connectivity index (χ0n) is 10.2. The van der Waals surface area contributed by atoms with Crippen molar-refractivity contribution in [3.63, 3.8) is 0 Å². The van der Waals surface area contributed by atoms with E-state index in [1.165, 1.54) is 12.8 Å². The van der Waals surface area contributed by atoms with Crippen molar-refractivity contribution >= 4 is 5.78 Å². The van der Waals surface area contributed by atoms with Crippen LogP contribution in [0.3, 0.4) is 0 Å². The Labute approximate surface area is 88.7 Å². The summed E-state index contributed by atoms with van der Waals surface area (Å²) in [6, 6.07) is 0. The molecule has 0 spiro atoms. The predicted octanol–water partition coefficient (Wildman–Crippen LogP) is 2.72. The van der Waals surface area contributed by atoms with Crippen LogP contribution in [-0.2, 0) is 4.79 Å². The summed E-state index contributed by atoms with van der Waals surface area (Å²) in [5, 5.41) is 0. The molecule has 0 N–H and O–H groups in total. The van der Waals surface area contributed by atoms with E-state index in [1.807, 2.05) is 6.92 Å². The number of carbonyl (C=O) groups excluding carboxylic acids is 1. The van der Waals surface area contributed by atoms with Crippen LogP contribution in [0.4, 0.5) is 0 Å². The molecule has 84 valence electrons. The molecule has 0 amide bonds. The number of hydrogen-bond acceptors (Lipinski definition) is 2. The SMILES string of the molecule is CCC(=O)CN(CC)CC(CC)CC. The van der Waals surface area contributed by atoms with Crippen LogP contribution in [0.25, 0.3) is 0 Å². The third-order valence-electron chi connectivity index (χ3n) is 2.91. The molecule has 0 saturated heterocycles. The average Bonchev–Trinajstić information content (AvgIpc) is 2.23. The largest absolute Gasteiger partial charge is 0.298 e. The van der Waals surface area contributed by atoms with E-state index in [1.54, 1.807) is 0 Å². The van der Waals surface area contributed by atoms with Gasteiger partial charge in [-0.1, -0.05) is 40.5 Å². The highest BCUT2D eigenvalue weighted by Crippen LogP contribution is 2.09. The van der Waals surface area contributed by atoms with Crippen molar-refractivity contribution < 1.29 is 4.79 Å².